The Kier molecular flexibility index (Phi) is 8.64. The van der Waals surface area contributed by atoms with Gasteiger partial charge in [-0.3, -0.25) is 19.3 Å². The Hall–Kier alpha value is -2.45. The fraction of sp³-hybridized carbons (Fsp3) is 0.625. The first-order valence-electron chi connectivity index (χ1n) is 11.6. The number of ether oxygens (including phenoxy) is 1. The topological polar surface area (TPSA) is 73.4 Å². The number of carbonyl (C=O) groups excluding carboxylic acids is 3. The second-order valence-corrected chi connectivity index (χ2v) is 8.82. The minimum atomic E-state index is -0.0872. The van der Waals surface area contributed by atoms with Gasteiger partial charge in [0.25, 0.3) is 5.91 Å². The number of carbonyl (C=O) groups is 3. The first-order chi connectivity index (χ1) is 15.4. The third-order valence-corrected chi connectivity index (χ3v) is 6.28. The quantitative estimate of drug-likeness (QED) is 0.692. The molecule has 8 nitrogen and oxygen atoms in total. The van der Waals surface area contributed by atoms with Crippen molar-refractivity contribution in [1.82, 2.24) is 14.7 Å². The molecule has 0 radical (unpaired) electrons. The standard InChI is InChI=1S/C24H36N4O4/c1-19(2)25-12-7-13-28(24(31)18-32-3)21-9-5-4-8-20(21)16-27(15-14-25)23(30)17-26-11-6-10-22(26)29/h4-5,8-9,19H,6-7,10-18H2,1-3H3. The molecule has 1 aromatic rings. The van der Waals surface area contributed by atoms with Gasteiger partial charge in [-0.05, 0) is 38.3 Å². The van der Waals surface area contributed by atoms with Crippen LogP contribution in [0.4, 0.5) is 5.69 Å². The van der Waals surface area contributed by atoms with E-state index < -0.39 is 0 Å². The summed E-state index contributed by atoms with van der Waals surface area (Å²) >= 11 is 0. The normalized spacial score (nSPS) is 18.6. The third kappa shape index (κ3) is 6.07. The number of para-hydroxylation sites is 1. The molecule has 0 bridgehead atoms. The molecule has 0 saturated carbocycles. The molecule has 1 aromatic carbocycles. The number of nitrogens with zero attached hydrogens (tertiary/aromatic N) is 4. The summed E-state index contributed by atoms with van der Waals surface area (Å²) in [7, 11) is 1.52. The third-order valence-electron chi connectivity index (χ3n) is 6.28. The highest BCUT2D eigenvalue weighted by Crippen LogP contribution is 2.24. The zero-order valence-corrected chi connectivity index (χ0v) is 19.6. The molecule has 176 valence electrons. The molecule has 3 rings (SSSR count). The Labute approximate surface area is 191 Å². The fourth-order valence-corrected chi connectivity index (χ4v) is 4.43. The van der Waals surface area contributed by atoms with E-state index in [-0.39, 0.29) is 30.9 Å². The molecule has 2 heterocycles. The van der Waals surface area contributed by atoms with E-state index in [9.17, 15) is 14.4 Å². The van der Waals surface area contributed by atoms with Crippen LogP contribution in [0.15, 0.2) is 24.3 Å². The van der Waals surface area contributed by atoms with Crippen LogP contribution in [0.2, 0.25) is 0 Å². The molecule has 3 amide bonds. The van der Waals surface area contributed by atoms with Gasteiger partial charge < -0.3 is 19.4 Å². The van der Waals surface area contributed by atoms with Gasteiger partial charge >= 0.3 is 0 Å². The van der Waals surface area contributed by atoms with Crippen LogP contribution in [-0.2, 0) is 25.7 Å². The summed E-state index contributed by atoms with van der Waals surface area (Å²) in [6, 6.07) is 8.10. The second-order valence-electron chi connectivity index (χ2n) is 8.82. The van der Waals surface area contributed by atoms with Gasteiger partial charge in [-0.15, -0.1) is 0 Å². The molecule has 2 aliphatic rings. The molecule has 1 saturated heterocycles. The first kappa shape index (κ1) is 24.2. The number of fused-ring (bicyclic) bond motifs is 1. The number of hydrogen-bond donors (Lipinski definition) is 0. The van der Waals surface area contributed by atoms with E-state index in [4.69, 9.17) is 4.74 Å². The van der Waals surface area contributed by atoms with Crippen LogP contribution in [0.5, 0.6) is 0 Å². The summed E-state index contributed by atoms with van der Waals surface area (Å²) < 4.78 is 5.12. The number of rotatable bonds is 5. The van der Waals surface area contributed by atoms with Crippen LogP contribution in [0, 0.1) is 0 Å². The van der Waals surface area contributed by atoms with E-state index in [0.717, 1.165) is 37.2 Å². The molecule has 0 atom stereocenters. The summed E-state index contributed by atoms with van der Waals surface area (Å²) in [6.45, 7) is 8.25. The lowest BCUT2D eigenvalue weighted by atomic mass is 10.1. The molecule has 0 unspecified atom stereocenters. The van der Waals surface area contributed by atoms with Crippen LogP contribution in [0.1, 0.15) is 38.7 Å². The van der Waals surface area contributed by atoms with E-state index >= 15 is 0 Å². The first-order valence-corrected chi connectivity index (χ1v) is 11.6. The average Bonchev–Trinajstić information content (AvgIpc) is 3.15. The van der Waals surface area contributed by atoms with Gasteiger partial charge in [-0.1, -0.05) is 18.2 Å². The van der Waals surface area contributed by atoms with Crippen LogP contribution in [-0.4, -0.2) is 91.4 Å². The van der Waals surface area contributed by atoms with Crippen molar-refractivity contribution in [3.05, 3.63) is 29.8 Å². The van der Waals surface area contributed by atoms with E-state index in [1.54, 1.807) is 9.80 Å². The number of benzene rings is 1. The van der Waals surface area contributed by atoms with Crippen LogP contribution >= 0.6 is 0 Å². The smallest absolute Gasteiger partial charge is 0.252 e. The number of likely N-dealkylation sites (tertiary alicyclic amines) is 1. The van der Waals surface area contributed by atoms with Crippen molar-refractivity contribution in [1.29, 1.82) is 0 Å². The van der Waals surface area contributed by atoms with Crippen molar-refractivity contribution in [2.24, 2.45) is 0 Å². The Bertz CT molecular complexity index is 813. The summed E-state index contributed by atoms with van der Waals surface area (Å²) in [6.07, 6.45) is 2.17. The summed E-state index contributed by atoms with van der Waals surface area (Å²) in [5, 5.41) is 0. The zero-order valence-electron chi connectivity index (χ0n) is 19.6. The summed E-state index contributed by atoms with van der Waals surface area (Å²) in [5.74, 6) is -0.0830. The van der Waals surface area contributed by atoms with Gasteiger partial charge in [0, 0.05) is 64.5 Å². The highest BCUT2D eigenvalue weighted by Gasteiger charge is 2.27. The van der Waals surface area contributed by atoms with Gasteiger partial charge in [-0.2, -0.15) is 0 Å². The number of methoxy groups -OCH3 is 1. The Morgan fingerprint density at radius 3 is 2.47 bits per heavy atom. The predicted octanol–water partition coefficient (Wildman–Crippen LogP) is 1.73. The molecule has 0 aromatic heterocycles. The Morgan fingerprint density at radius 1 is 1.00 bits per heavy atom. The molecule has 32 heavy (non-hydrogen) atoms. The van der Waals surface area contributed by atoms with E-state index in [1.165, 1.54) is 7.11 Å². The van der Waals surface area contributed by atoms with E-state index in [0.29, 0.717) is 38.6 Å². The summed E-state index contributed by atoms with van der Waals surface area (Å²) in [4.78, 5) is 45.8. The largest absolute Gasteiger partial charge is 0.375 e. The molecule has 1 fully saturated rings. The average molecular weight is 445 g/mol. The van der Waals surface area contributed by atoms with Crippen LogP contribution in [0.25, 0.3) is 0 Å². The van der Waals surface area contributed by atoms with Crippen molar-refractivity contribution in [3.63, 3.8) is 0 Å². The lowest BCUT2D eigenvalue weighted by molar-refractivity contribution is -0.139. The molecular formula is C24H36N4O4. The van der Waals surface area contributed by atoms with Crippen molar-refractivity contribution < 1.29 is 19.1 Å². The van der Waals surface area contributed by atoms with Gasteiger partial charge in [-0.25, -0.2) is 0 Å². The predicted molar refractivity (Wildman–Crippen MR) is 123 cm³/mol. The van der Waals surface area contributed by atoms with Crippen LogP contribution < -0.4 is 4.90 Å². The van der Waals surface area contributed by atoms with Gasteiger partial charge in [0.1, 0.15) is 6.61 Å². The highest BCUT2D eigenvalue weighted by atomic mass is 16.5. The lowest BCUT2D eigenvalue weighted by Gasteiger charge is -2.31. The Morgan fingerprint density at radius 2 is 1.78 bits per heavy atom. The van der Waals surface area contributed by atoms with E-state index in [2.05, 4.69) is 18.7 Å². The van der Waals surface area contributed by atoms with Crippen molar-refractivity contribution in [2.75, 3.05) is 57.9 Å². The molecule has 0 aliphatic carbocycles. The maximum Gasteiger partial charge on any atom is 0.252 e. The minimum Gasteiger partial charge on any atom is -0.375 e. The maximum absolute atomic E-state index is 13.3. The van der Waals surface area contributed by atoms with Crippen molar-refractivity contribution in [3.8, 4) is 0 Å². The van der Waals surface area contributed by atoms with Crippen molar-refractivity contribution >= 4 is 23.4 Å². The lowest BCUT2D eigenvalue weighted by Crippen LogP contribution is -2.45. The second kappa shape index (κ2) is 11.4. The summed E-state index contributed by atoms with van der Waals surface area (Å²) in [5.41, 5.74) is 1.75. The Balaban J connectivity index is 1.89. The van der Waals surface area contributed by atoms with Crippen LogP contribution in [0.3, 0.4) is 0 Å². The van der Waals surface area contributed by atoms with Crippen molar-refractivity contribution in [2.45, 2.75) is 45.7 Å². The fourth-order valence-electron chi connectivity index (χ4n) is 4.43. The zero-order chi connectivity index (χ0) is 23.1. The molecule has 0 spiro atoms. The number of hydrogen-bond acceptors (Lipinski definition) is 5. The molecule has 8 heteroatoms. The number of amides is 3. The van der Waals surface area contributed by atoms with Gasteiger partial charge in [0.15, 0.2) is 0 Å². The number of anilines is 1. The molecular weight excluding hydrogens is 408 g/mol. The van der Waals surface area contributed by atoms with Gasteiger partial charge in [0.05, 0.1) is 6.54 Å². The maximum atomic E-state index is 13.3. The van der Waals surface area contributed by atoms with Gasteiger partial charge in [0.2, 0.25) is 11.8 Å². The van der Waals surface area contributed by atoms with E-state index in [1.807, 2.05) is 29.2 Å². The monoisotopic (exact) mass is 444 g/mol. The highest BCUT2D eigenvalue weighted by molar-refractivity contribution is 5.95. The minimum absolute atomic E-state index is 0.0158. The molecule has 0 N–H and O–H groups in total. The SMILES string of the molecule is COCC(=O)N1CCCN(C(C)C)CCN(C(=O)CN2CCCC2=O)Cc2ccccc21. The molecule has 2 aliphatic heterocycles.